The first-order chi connectivity index (χ1) is 17.1. The summed E-state index contributed by atoms with van der Waals surface area (Å²) < 4.78 is 30.0. The Bertz CT molecular complexity index is 1460. The van der Waals surface area contributed by atoms with Crippen LogP contribution in [0, 0.1) is 12.3 Å². The number of nitrogens with zero attached hydrogens (tertiary/aromatic N) is 1. The molecule has 1 heterocycles. The number of hydrogen-bond acceptors (Lipinski definition) is 6. The van der Waals surface area contributed by atoms with Crippen LogP contribution in [0.4, 0.5) is 5.13 Å². The van der Waals surface area contributed by atoms with Gasteiger partial charge in [-0.05, 0) is 48.9 Å². The summed E-state index contributed by atoms with van der Waals surface area (Å²) in [5.41, 5.74) is 1.82. The summed E-state index contributed by atoms with van der Waals surface area (Å²) in [4.78, 5) is 17.5. The molecule has 0 aliphatic heterocycles. The molecule has 0 aliphatic rings. The number of sulfone groups is 1. The molecular weight excluding hydrogens is 539 g/mol. The van der Waals surface area contributed by atoms with Crippen LogP contribution in [-0.2, 0) is 21.1 Å². The summed E-state index contributed by atoms with van der Waals surface area (Å²) in [6.45, 7) is 3.25. The van der Waals surface area contributed by atoms with E-state index in [9.17, 15) is 13.2 Å². The van der Waals surface area contributed by atoms with Crippen molar-refractivity contribution in [3.63, 3.8) is 0 Å². The number of amides is 1. The molecule has 0 unspecified atom stereocenters. The molecule has 1 amide bonds. The smallest absolute Gasteiger partial charge is 0.230 e. The molecule has 2 aromatic carbocycles. The van der Waals surface area contributed by atoms with Crippen LogP contribution in [0.3, 0.4) is 0 Å². The largest absolute Gasteiger partial charge is 0.443 e. The van der Waals surface area contributed by atoms with Crippen LogP contribution < -0.4 is 10.1 Å². The van der Waals surface area contributed by atoms with Crippen LogP contribution in [0.2, 0.25) is 5.02 Å². The normalized spacial score (nSPS) is 12.2. The SMILES string of the molecule is C#CC=CC(Oc1sc(NC(=O)Cc2ccc(S(=O)(=O)CC)cc2)nc1-c1cccc(Cl)c1)=C(C)Cl. The number of hydrogen-bond donors (Lipinski definition) is 1. The van der Waals surface area contributed by atoms with Crippen molar-refractivity contribution in [1.29, 1.82) is 0 Å². The minimum atomic E-state index is -3.31. The van der Waals surface area contributed by atoms with E-state index in [1.807, 2.05) is 6.07 Å². The van der Waals surface area contributed by atoms with Crippen molar-refractivity contribution in [1.82, 2.24) is 4.98 Å². The van der Waals surface area contributed by atoms with Crippen molar-refractivity contribution in [2.75, 3.05) is 11.1 Å². The molecule has 0 saturated heterocycles. The quantitative estimate of drug-likeness (QED) is 0.184. The summed E-state index contributed by atoms with van der Waals surface area (Å²) in [6.07, 6.45) is 8.36. The fraction of sp³-hybridized carbons (Fsp3) is 0.154. The maximum Gasteiger partial charge on any atom is 0.230 e. The molecule has 3 aromatic rings. The molecule has 186 valence electrons. The third-order valence-corrected chi connectivity index (χ3v) is 7.86. The number of terminal acetylenes is 1. The average molecular weight is 562 g/mol. The fourth-order valence-corrected chi connectivity index (χ4v) is 5.06. The Morgan fingerprint density at radius 3 is 2.58 bits per heavy atom. The van der Waals surface area contributed by atoms with Crippen LogP contribution in [0.25, 0.3) is 11.3 Å². The van der Waals surface area contributed by atoms with Gasteiger partial charge in [0.25, 0.3) is 0 Å². The van der Waals surface area contributed by atoms with E-state index >= 15 is 0 Å². The van der Waals surface area contributed by atoms with Gasteiger partial charge in [-0.15, -0.1) is 6.42 Å². The third kappa shape index (κ3) is 7.21. The Morgan fingerprint density at radius 2 is 1.97 bits per heavy atom. The van der Waals surface area contributed by atoms with E-state index in [0.29, 0.717) is 42.8 Å². The predicted molar refractivity (Wildman–Crippen MR) is 146 cm³/mol. The van der Waals surface area contributed by atoms with Gasteiger partial charge in [-0.2, -0.15) is 0 Å². The first-order valence-corrected chi connectivity index (χ1v) is 13.9. The summed E-state index contributed by atoms with van der Waals surface area (Å²) in [6, 6.07) is 13.3. The zero-order valence-corrected chi connectivity index (χ0v) is 22.6. The highest BCUT2D eigenvalue weighted by molar-refractivity contribution is 7.91. The number of carbonyl (C=O) groups is 1. The first-order valence-electron chi connectivity index (χ1n) is 10.7. The number of carbonyl (C=O) groups excluding carboxylic acids is 1. The molecule has 0 radical (unpaired) electrons. The van der Waals surface area contributed by atoms with Crippen LogP contribution in [0.15, 0.2) is 76.4 Å². The topological polar surface area (TPSA) is 85.4 Å². The van der Waals surface area contributed by atoms with Crippen LogP contribution in [0.5, 0.6) is 5.06 Å². The number of aromatic nitrogens is 1. The van der Waals surface area contributed by atoms with Crippen LogP contribution in [-0.4, -0.2) is 25.1 Å². The van der Waals surface area contributed by atoms with E-state index in [0.717, 1.165) is 11.3 Å². The summed E-state index contributed by atoms with van der Waals surface area (Å²) in [5.74, 6) is 2.41. The van der Waals surface area contributed by atoms with Gasteiger partial charge in [0.1, 0.15) is 11.5 Å². The lowest BCUT2D eigenvalue weighted by atomic mass is 10.1. The number of benzene rings is 2. The van der Waals surface area contributed by atoms with Crippen molar-refractivity contribution in [2.45, 2.75) is 25.2 Å². The lowest BCUT2D eigenvalue weighted by Gasteiger charge is -2.07. The highest BCUT2D eigenvalue weighted by atomic mass is 35.5. The average Bonchev–Trinajstić information content (AvgIpc) is 3.23. The fourth-order valence-electron chi connectivity index (χ4n) is 3.02. The second kappa shape index (κ2) is 12.2. The zero-order chi connectivity index (χ0) is 26.3. The van der Waals surface area contributed by atoms with Gasteiger partial charge in [0.15, 0.2) is 15.0 Å². The maximum atomic E-state index is 12.7. The molecule has 36 heavy (non-hydrogen) atoms. The van der Waals surface area contributed by atoms with E-state index in [2.05, 4.69) is 16.2 Å². The second-order valence-electron chi connectivity index (χ2n) is 7.44. The summed E-state index contributed by atoms with van der Waals surface area (Å²) in [7, 11) is -3.31. The second-order valence-corrected chi connectivity index (χ2v) is 11.7. The van der Waals surface area contributed by atoms with Crippen molar-refractivity contribution in [2.24, 2.45) is 0 Å². The molecule has 1 N–H and O–H groups in total. The van der Waals surface area contributed by atoms with Gasteiger partial charge < -0.3 is 10.1 Å². The lowest BCUT2D eigenvalue weighted by molar-refractivity contribution is -0.115. The molecule has 3 rings (SSSR count). The van der Waals surface area contributed by atoms with E-state index in [1.54, 1.807) is 50.3 Å². The lowest BCUT2D eigenvalue weighted by Crippen LogP contribution is -2.14. The van der Waals surface area contributed by atoms with E-state index in [4.69, 9.17) is 34.4 Å². The van der Waals surface area contributed by atoms with Gasteiger partial charge in [-0.3, -0.25) is 4.79 Å². The van der Waals surface area contributed by atoms with Gasteiger partial charge in [0.2, 0.25) is 11.0 Å². The highest BCUT2D eigenvalue weighted by Crippen LogP contribution is 2.40. The van der Waals surface area contributed by atoms with Gasteiger partial charge >= 0.3 is 0 Å². The van der Waals surface area contributed by atoms with E-state index < -0.39 is 9.84 Å². The Balaban J connectivity index is 1.86. The Labute approximate surface area is 224 Å². The summed E-state index contributed by atoms with van der Waals surface area (Å²) in [5, 5.41) is 4.37. The molecule has 10 heteroatoms. The van der Waals surface area contributed by atoms with E-state index in [1.165, 1.54) is 18.2 Å². The van der Waals surface area contributed by atoms with Crippen LogP contribution >= 0.6 is 34.5 Å². The number of nitrogens with one attached hydrogen (secondary N) is 1. The van der Waals surface area contributed by atoms with Gasteiger partial charge in [-0.1, -0.05) is 71.6 Å². The monoisotopic (exact) mass is 560 g/mol. The minimum Gasteiger partial charge on any atom is -0.443 e. The number of anilines is 1. The molecule has 1 aromatic heterocycles. The van der Waals surface area contributed by atoms with Gasteiger partial charge in [0.05, 0.1) is 22.1 Å². The van der Waals surface area contributed by atoms with Crippen molar-refractivity contribution in [3.8, 4) is 28.7 Å². The molecule has 0 spiro atoms. The molecular formula is C26H22Cl2N2O4S2. The minimum absolute atomic E-state index is 0.00885. The third-order valence-electron chi connectivity index (χ3n) is 4.84. The first kappa shape index (κ1) is 27.5. The predicted octanol–water partition coefficient (Wildman–Crippen LogP) is 6.48. The Hall–Kier alpha value is -3.09. The van der Waals surface area contributed by atoms with Gasteiger partial charge in [0, 0.05) is 10.6 Å². The van der Waals surface area contributed by atoms with E-state index in [-0.39, 0.29) is 23.0 Å². The maximum absolute atomic E-state index is 12.7. The van der Waals surface area contributed by atoms with Crippen molar-refractivity contribution in [3.05, 3.63) is 82.1 Å². The number of rotatable bonds is 9. The van der Waals surface area contributed by atoms with Crippen LogP contribution in [0.1, 0.15) is 19.4 Å². The molecule has 0 saturated carbocycles. The number of halogens is 2. The summed E-state index contributed by atoms with van der Waals surface area (Å²) >= 11 is 13.5. The Morgan fingerprint density at radius 1 is 1.25 bits per heavy atom. The zero-order valence-electron chi connectivity index (χ0n) is 19.4. The Kier molecular flexibility index (Phi) is 9.35. The number of allylic oxidation sites excluding steroid dienone is 3. The number of ether oxygens (including phenoxy) is 1. The van der Waals surface area contributed by atoms with Crippen molar-refractivity contribution >= 4 is 55.4 Å². The van der Waals surface area contributed by atoms with Crippen molar-refractivity contribution < 1.29 is 17.9 Å². The highest BCUT2D eigenvalue weighted by Gasteiger charge is 2.19. The standard InChI is InChI=1S/C26H22Cl2N2O4S2/c1-4-6-10-22(17(3)27)34-25-24(19-8-7-9-20(28)16-19)30-26(35-25)29-23(31)15-18-11-13-21(14-12-18)36(32,33)5-2/h1,6-14,16H,5,15H2,2-3H3,(H,29,30,31). The molecule has 0 aliphatic carbocycles. The molecule has 0 fully saturated rings. The molecule has 0 bridgehead atoms. The number of thiazole rings is 1. The molecule has 0 atom stereocenters. The molecule has 6 nitrogen and oxygen atoms in total. The van der Waals surface area contributed by atoms with Gasteiger partial charge in [-0.25, -0.2) is 13.4 Å².